The van der Waals surface area contributed by atoms with Crippen LogP contribution in [0.5, 0.6) is 5.75 Å². The lowest BCUT2D eigenvalue weighted by Crippen LogP contribution is -2.18. The van der Waals surface area contributed by atoms with E-state index in [0.29, 0.717) is 0 Å². The molecular formula is C8H6F3NO4. The molecule has 0 radical (unpaired) electrons. The topological polar surface area (TPSA) is 72.6 Å². The molecule has 0 atom stereocenters. The monoisotopic (exact) mass is 237 g/mol. The third-order valence-corrected chi connectivity index (χ3v) is 1.63. The number of hydrogen-bond donors (Lipinski definition) is 1. The second kappa shape index (κ2) is 4.35. The molecule has 1 N–H and O–H groups in total. The van der Waals surface area contributed by atoms with Crippen LogP contribution >= 0.6 is 0 Å². The van der Waals surface area contributed by atoms with Gasteiger partial charge < -0.3 is 9.84 Å². The lowest BCUT2D eigenvalue weighted by Gasteiger charge is -2.09. The Labute approximate surface area is 87.2 Å². The SMILES string of the molecule is O=[N+]([O-])c1ccc(CO)cc1OC(F)(F)F. The van der Waals surface area contributed by atoms with Crippen molar-refractivity contribution in [2.75, 3.05) is 0 Å². The largest absolute Gasteiger partial charge is 0.573 e. The van der Waals surface area contributed by atoms with Crippen molar-refractivity contribution in [3.63, 3.8) is 0 Å². The van der Waals surface area contributed by atoms with Crippen LogP contribution in [0, 0.1) is 10.1 Å². The number of nitro benzene ring substituents is 1. The van der Waals surface area contributed by atoms with Gasteiger partial charge in [-0.3, -0.25) is 10.1 Å². The Morgan fingerprint density at radius 1 is 1.44 bits per heavy atom. The van der Waals surface area contributed by atoms with E-state index >= 15 is 0 Å². The van der Waals surface area contributed by atoms with Crippen LogP contribution in [-0.2, 0) is 6.61 Å². The molecule has 0 aliphatic carbocycles. The first-order valence-corrected chi connectivity index (χ1v) is 3.97. The highest BCUT2D eigenvalue weighted by Gasteiger charge is 2.34. The predicted molar refractivity (Wildman–Crippen MR) is 45.7 cm³/mol. The third-order valence-electron chi connectivity index (χ3n) is 1.63. The van der Waals surface area contributed by atoms with Crippen molar-refractivity contribution in [1.82, 2.24) is 0 Å². The molecule has 8 heteroatoms. The maximum absolute atomic E-state index is 11.9. The number of nitro groups is 1. The van der Waals surface area contributed by atoms with Crippen LogP contribution in [0.3, 0.4) is 0 Å². The summed E-state index contributed by atoms with van der Waals surface area (Å²) in [7, 11) is 0. The summed E-state index contributed by atoms with van der Waals surface area (Å²) in [5.74, 6) is -0.941. The molecule has 1 aromatic rings. The molecule has 0 aliphatic heterocycles. The van der Waals surface area contributed by atoms with E-state index in [1.807, 2.05) is 0 Å². The summed E-state index contributed by atoms with van der Waals surface area (Å²) in [6.07, 6.45) is -5.02. The molecule has 0 heterocycles. The number of ether oxygens (including phenoxy) is 1. The molecule has 0 unspecified atom stereocenters. The molecule has 16 heavy (non-hydrogen) atoms. The summed E-state index contributed by atoms with van der Waals surface area (Å²) in [4.78, 5) is 9.41. The van der Waals surface area contributed by atoms with Gasteiger partial charge in [-0.05, 0) is 17.7 Å². The molecule has 0 bridgehead atoms. The number of hydrogen-bond acceptors (Lipinski definition) is 4. The molecule has 0 aromatic heterocycles. The van der Waals surface area contributed by atoms with Crippen LogP contribution in [0.4, 0.5) is 18.9 Å². The maximum Gasteiger partial charge on any atom is 0.573 e. The summed E-state index contributed by atoms with van der Waals surface area (Å²) in [6, 6.07) is 2.75. The average Bonchev–Trinajstić information content (AvgIpc) is 2.14. The quantitative estimate of drug-likeness (QED) is 0.644. The van der Waals surface area contributed by atoms with Gasteiger partial charge in [0.1, 0.15) is 0 Å². The van der Waals surface area contributed by atoms with E-state index in [-0.39, 0.29) is 5.56 Å². The highest BCUT2D eigenvalue weighted by molar-refractivity contribution is 5.48. The van der Waals surface area contributed by atoms with Gasteiger partial charge in [0.15, 0.2) is 0 Å². The fourth-order valence-electron chi connectivity index (χ4n) is 1.01. The van der Waals surface area contributed by atoms with Gasteiger partial charge in [0.25, 0.3) is 0 Å². The van der Waals surface area contributed by atoms with Crippen LogP contribution in [0.2, 0.25) is 0 Å². The van der Waals surface area contributed by atoms with Crippen molar-refractivity contribution in [1.29, 1.82) is 0 Å². The maximum atomic E-state index is 11.9. The number of rotatable bonds is 3. The summed E-state index contributed by atoms with van der Waals surface area (Å²) in [6.45, 7) is -0.536. The fourth-order valence-corrected chi connectivity index (χ4v) is 1.01. The Morgan fingerprint density at radius 3 is 2.50 bits per heavy atom. The first-order valence-electron chi connectivity index (χ1n) is 3.97. The summed E-state index contributed by atoms with van der Waals surface area (Å²) < 4.78 is 39.2. The van der Waals surface area contributed by atoms with E-state index in [4.69, 9.17) is 5.11 Å². The molecule has 0 fully saturated rings. The Hall–Kier alpha value is -1.83. The van der Waals surface area contributed by atoms with Gasteiger partial charge in [-0.25, -0.2) is 0 Å². The van der Waals surface area contributed by atoms with Gasteiger partial charge in [0.05, 0.1) is 11.5 Å². The van der Waals surface area contributed by atoms with Gasteiger partial charge in [-0.15, -0.1) is 13.2 Å². The van der Waals surface area contributed by atoms with Gasteiger partial charge >= 0.3 is 12.0 Å². The van der Waals surface area contributed by atoms with Crippen LogP contribution < -0.4 is 4.74 Å². The van der Waals surface area contributed by atoms with Crippen LogP contribution in [0.15, 0.2) is 18.2 Å². The molecule has 0 saturated carbocycles. The van der Waals surface area contributed by atoms with Crippen molar-refractivity contribution >= 4 is 5.69 Å². The number of nitrogens with zero attached hydrogens (tertiary/aromatic N) is 1. The van der Waals surface area contributed by atoms with Crippen LogP contribution in [-0.4, -0.2) is 16.4 Å². The van der Waals surface area contributed by atoms with E-state index in [9.17, 15) is 23.3 Å². The molecule has 0 spiro atoms. The molecule has 1 rings (SSSR count). The second-order valence-electron chi connectivity index (χ2n) is 2.77. The Balaban J connectivity index is 3.15. The summed E-state index contributed by atoms with van der Waals surface area (Å²) in [5.41, 5.74) is -0.723. The van der Waals surface area contributed by atoms with Crippen molar-refractivity contribution in [2.24, 2.45) is 0 Å². The zero-order chi connectivity index (χ0) is 12.3. The normalized spacial score (nSPS) is 11.2. The number of aliphatic hydroxyl groups is 1. The van der Waals surface area contributed by atoms with Crippen molar-refractivity contribution in [2.45, 2.75) is 13.0 Å². The number of halogens is 3. The number of aliphatic hydroxyl groups excluding tert-OH is 1. The third kappa shape index (κ3) is 3.09. The van der Waals surface area contributed by atoms with Gasteiger partial charge in [-0.1, -0.05) is 0 Å². The lowest BCUT2D eigenvalue weighted by molar-refractivity contribution is -0.388. The van der Waals surface area contributed by atoms with Crippen molar-refractivity contribution in [3.8, 4) is 5.75 Å². The minimum Gasteiger partial charge on any atom is -0.398 e. The molecule has 0 saturated heterocycles. The molecule has 0 aliphatic rings. The molecule has 1 aromatic carbocycles. The predicted octanol–water partition coefficient (Wildman–Crippen LogP) is 1.99. The van der Waals surface area contributed by atoms with Crippen LogP contribution in [0.25, 0.3) is 0 Å². The van der Waals surface area contributed by atoms with Crippen molar-refractivity contribution in [3.05, 3.63) is 33.9 Å². The zero-order valence-electron chi connectivity index (χ0n) is 7.69. The first kappa shape index (κ1) is 12.2. The lowest BCUT2D eigenvalue weighted by atomic mass is 10.2. The van der Waals surface area contributed by atoms with E-state index in [1.54, 1.807) is 0 Å². The summed E-state index contributed by atoms with van der Waals surface area (Å²) in [5, 5.41) is 19.1. The highest BCUT2D eigenvalue weighted by Crippen LogP contribution is 2.32. The Kier molecular flexibility index (Phi) is 3.33. The summed E-state index contributed by atoms with van der Waals surface area (Å²) >= 11 is 0. The average molecular weight is 237 g/mol. The smallest absolute Gasteiger partial charge is 0.398 e. The number of alkyl halides is 3. The zero-order valence-corrected chi connectivity index (χ0v) is 7.69. The fraction of sp³-hybridized carbons (Fsp3) is 0.250. The van der Waals surface area contributed by atoms with E-state index in [0.717, 1.165) is 18.2 Å². The molecule has 88 valence electrons. The highest BCUT2D eigenvalue weighted by atomic mass is 19.4. The second-order valence-corrected chi connectivity index (χ2v) is 2.77. The first-order chi connectivity index (χ1) is 7.33. The molecular weight excluding hydrogens is 231 g/mol. The van der Waals surface area contributed by atoms with Gasteiger partial charge in [0.2, 0.25) is 5.75 Å². The van der Waals surface area contributed by atoms with Gasteiger partial charge in [-0.2, -0.15) is 0 Å². The van der Waals surface area contributed by atoms with Crippen LogP contribution in [0.1, 0.15) is 5.56 Å². The van der Waals surface area contributed by atoms with E-state index in [1.165, 1.54) is 0 Å². The number of benzene rings is 1. The Morgan fingerprint density at radius 2 is 2.06 bits per heavy atom. The van der Waals surface area contributed by atoms with E-state index < -0.39 is 29.3 Å². The minimum absolute atomic E-state index is 0.0878. The molecule has 5 nitrogen and oxygen atoms in total. The minimum atomic E-state index is -5.02. The van der Waals surface area contributed by atoms with E-state index in [2.05, 4.69) is 4.74 Å². The van der Waals surface area contributed by atoms with Crippen molar-refractivity contribution < 1.29 is 27.9 Å². The molecule has 0 amide bonds. The van der Waals surface area contributed by atoms with Gasteiger partial charge in [0, 0.05) is 6.07 Å². The Bertz CT molecular complexity index is 405. The standard InChI is InChI=1S/C8H6F3NO4/c9-8(10,11)16-7-3-5(4-13)1-2-6(7)12(14)15/h1-3,13H,4H2.